The van der Waals surface area contributed by atoms with Crippen LogP contribution in [-0.2, 0) is 9.59 Å². The maximum atomic E-state index is 9.80. The fraction of sp³-hybridized carbons (Fsp3) is 0.714. The molecule has 2 unspecified atom stereocenters. The van der Waals surface area contributed by atoms with E-state index in [-0.39, 0.29) is 0 Å². The van der Waals surface area contributed by atoms with Gasteiger partial charge in [0.15, 0.2) is 0 Å². The number of aliphatic carboxylic acids is 2. The molecule has 0 aromatic rings. The van der Waals surface area contributed by atoms with E-state index in [1.165, 1.54) is 6.92 Å². The summed E-state index contributed by atoms with van der Waals surface area (Å²) >= 11 is 10.2. The van der Waals surface area contributed by atoms with Crippen LogP contribution >= 0.6 is 23.2 Å². The molecule has 6 heteroatoms. The van der Waals surface area contributed by atoms with Crippen molar-refractivity contribution >= 4 is 35.1 Å². The van der Waals surface area contributed by atoms with Gasteiger partial charge in [-0.05, 0) is 13.3 Å². The van der Waals surface area contributed by atoms with Crippen LogP contribution in [0.1, 0.15) is 20.3 Å². The molecule has 0 saturated heterocycles. The molecule has 0 amide bonds. The van der Waals surface area contributed by atoms with E-state index in [4.69, 9.17) is 33.4 Å². The van der Waals surface area contributed by atoms with Gasteiger partial charge in [0, 0.05) is 0 Å². The first-order chi connectivity index (χ1) is 5.82. The van der Waals surface area contributed by atoms with E-state index in [1.807, 2.05) is 0 Å². The van der Waals surface area contributed by atoms with Crippen molar-refractivity contribution in [3.8, 4) is 0 Å². The zero-order valence-electron chi connectivity index (χ0n) is 7.33. The normalized spacial score (nSPS) is 13.5. The van der Waals surface area contributed by atoms with Gasteiger partial charge in [-0.1, -0.05) is 6.92 Å². The van der Waals surface area contributed by atoms with Crippen LogP contribution < -0.4 is 0 Å². The summed E-state index contributed by atoms with van der Waals surface area (Å²) < 4.78 is 0. The van der Waals surface area contributed by atoms with Gasteiger partial charge in [-0.3, -0.25) is 9.59 Å². The Bertz CT molecular complexity index is 170. The number of carboxylic acid groups (broad SMARTS) is 2. The Morgan fingerprint density at radius 2 is 1.54 bits per heavy atom. The van der Waals surface area contributed by atoms with E-state index >= 15 is 0 Å². The summed E-state index contributed by atoms with van der Waals surface area (Å²) in [4.78, 5) is 19.4. The fourth-order valence-electron chi connectivity index (χ4n) is 0.175. The maximum Gasteiger partial charge on any atom is 0.321 e. The highest BCUT2D eigenvalue weighted by Crippen LogP contribution is 1.98. The molecule has 0 aromatic heterocycles. The molecular weight excluding hydrogens is 219 g/mol. The number of halogens is 2. The summed E-state index contributed by atoms with van der Waals surface area (Å²) in [7, 11) is 0. The summed E-state index contributed by atoms with van der Waals surface area (Å²) in [6.07, 6.45) is 0.483. The van der Waals surface area contributed by atoms with Crippen molar-refractivity contribution in [3.63, 3.8) is 0 Å². The highest BCUT2D eigenvalue weighted by Gasteiger charge is 2.08. The summed E-state index contributed by atoms with van der Waals surface area (Å²) in [5, 5.41) is 14.4. The third-order valence-electron chi connectivity index (χ3n) is 0.967. The molecule has 0 heterocycles. The summed E-state index contributed by atoms with van der Waals surface area (Å²) in [6, 6.07) is 0. The van der Waals surface area contributed by atoms with E-state index in [1.54, 1.807) is 6.92 Å². The second kappa shape index (κ2) is 8.13. The minimum atomic E-state index is -0.975. The van der Waals surface area contributed by atoms with Gasteiger partial charge < -0.3 is 10.2 Å². The third-order valence-corrected chi connectivity index (χ3v) is 1.65. The van der Waals surface area contributed by atoms with Crippen LogP contribution in [0, 0.1) is 0 Å². The monoisotopic (exact) mass is 230 g/mol. The van der Waals surface area contributed by atoms with Crippen LogP contribution in [0.4, 0.5) is 0 Å². The van der Waals surface area contributed by atoms with Gasteiger partial charge in [0.1, 0.15) is 10.8 Å². The van der Waals surface area contributed by atoms with Gasteiger partial charge in [0.25, 0.3) is 0 Å². The molecule has 78 valence electrons. The van der Waals surface area contributed by atoms with Crippen LogP contribution in [-0.4, -0.2) is 32.9 Å². The van der Waals surface area contributed by atoms with E-state index < -0.39 is 22.7 Å². The van der Waals surface area contributed by atoms with E-state index in [9.17, 15) is 9.59 Å². The predicted octanol–water partition coefficient (Wildman–Crippen LogP) is 1.79. The Hall–Kier alpha value is -0.480. The van der Waals surface area contributed by atoms with Crippen LogP contribution in [0.15, 0.2) is 0 Å². The van der Waals surface area contributed by atoms with Crippen molar-refractivity contribution in [1.29, 1.82) is 0 Å². The largest absolute Gasteiger partial charge is 0.480 e. The molecule has 0 rings (SSSR count). The summed E-state index contributed by atoms with van der Waals surface area (Å²) in [5.74, 6) is -1.92. The first kappa shape index (κ1) is 15.0. The van der Waals surface area contributed by atoms with Crippen molar-refractivity contribution < 1.29 is 19.8 Å². The highest BCUT2D eigenvalue weighted by molar-refractivity contribution is 6.29. The molecule has 0 radical (unpaired) electrons. The van der Waals surface area contributed by atoms with E-state index in [0.717, 1.165) is 0 Å². The van der Waals surface area contributed by atoms with Crippen molar-refractivity contribution in [2.24, 2.45) is 0 Å². The molecule has 0 saturated carbocycles. The first-order valence-corrected chi connectivity index (χ1v) is 4.43. The average Bonchev–Trinajstić information content (AvgIpc) is 2.03. The Balaban J connectivity index is 0. The smallest absolute Gasteiger partial charge is 0.321 e. The molecule has 0 aromatic carbocycles. The minimum absolute atomic E-state index is 0.483. The Labute approximate surface area is 86.5 Å². The van der Waals surface area contributed by atoms with Crippen molar-refractivity contribution in [3.05, 3.63) is 0 Å². The minimum Gasteiger partial charge on any atom is -0.480 e. The lowest BCUT2D eigenvalue weighted by Gasteiger charge is -1.93. The molecule has 0 aliphatic heterocycles. The van der Waals surface area contributed by atoms with Gasteiger partial charge >= 0.3 is 11.9 Å². The van der Waals surface area contributed by atoms with Crippen LogP contribution in [0.25, 0.3) is 0 Å². The number of carboxylic acids is 2. The fourth-order valence-corrected chi connectivity index (χ4v) is 0.175. The zero-order chi connectivity index (χ0) is 11.0. The van der Waals surface area contributed by atoms with Crippen molar-refractivity contribution in [1.82, 2.24) is 0 Å². The zero-order valence-corrected chi connectivity index (χ0v) is 8.84. The molecule has 0 aliphatic carbocycles. The Kier molecular flexibility index (Phi) is 9.39. The van der Waals surface area contributed by atoms with Crippen LogP contribution in [0.5, 0.6) is 0 Å². The molecular formula is C7H12Cl2O4. The molecule has 0 bridgehead atoms. The molecule has 0 spiro atoms. The molecule has 2 N–H and O–H groups in total. The maximum absolute atomic E-state index is 9.80. The van der Waals surface area contributed by atoms with Gasteiger partial charge in [-0.25, -0.2) is 0 Å². The van der Waals surface area contributed by atoms with Crippen LogP contribution in [0.3, 0.4) is 0 Å². The lowest BCUT2D eigenvalue weighted by molar-refractivity contribution is -0.137. The molecule has 2 atom stereocenters. The number of alkyl halides is 2. The van der Waals surface area contributed by atoms with Crippen molar-refractivity contribution in [2.45, 2.75) is 31.0 Å². The quantitative estimate of drug-likeness (QED) is 0.726. The molecule has 13 heavy (non-hydrogen) atoms. The second-order valence-corrected chi connectivity index (χ2v) is 3.35. The standard InChI is InChI=1S/C4H7ClO2.C3H5ClO2/c1-2-3(5)4(6)7;1-2(4)3(5)6/h3H,2H2,1H3,(H,6,7);2H,1H3,(H,5,6). The highest BCUT2D eigenvalue weighted by atomic mass is 35.5. The lowest BCUT2D eigenvalue weighted by Crippen LogP contribution is -2.10. The SMILES string of the molecule is CC(Cl)C(=O)O.CCC(Cl)C(=O)O. The van der Waals surface area contributed by atoms with Gasteiger partial charge in [0.05, 0.1) is 0 Å². The van der Waals surface area contributed by atoms with Crippen LogP contribution in [0.2, 0.25) is 0 Å². The van der Waals surface area contributed by atoms with Gasteiger partial charge in [-0.15, -0.1) is 23.2 Å². The predicted molar refractivity (Wildman–Crippen MR) is 50.5 cm³/mol. The summed E-state index contributed by atoms with van der Waals surface area (Å²) in [5.41, 5.74) is 0. The molecule has 4 nitrogen and oxygen atoms in total. The first-order valence-electron chi connectivity index (χ1n) is 3.56. The number of hydrogen-bond acceptors (Lipinski definition) is 2. The van der Waals surface area contributed by atoms with E-state index in [2.05, 4.69) is 0 Å². The average molecular weight is 231 g/mol. The number of carbonyl (C=O) groups is 2. The molecule has 0 aliphatic rings. The van der Waals surface area contributed by atoms with E-state index in [0.29, 0.717) is 6.42 Å². The number of hydrogen-bond donors (Lipinski definition) is 2. The van der Waals surface area contributed by atoms with Crippen molar-refractivity contribution in [2.75, 3.05) is 0 Å². The lowest BCUT2D eigenvalue weighted by atomic mass is 10.3. The Morgan fingerprint density at radius 3 is 1.54 bits per heavy atom. The molecule has 0 fully saturated rings. The third kappa shape index (κ3) is 11.5. The second-order valence-electron chi connectivity index (χ2n) is 2.17. The summed E-state index contributed by atoms with van der Waals surface area (Å²) in [6.45, 7) is 3.13. The number of rotatable bonds is 3. The Morgan fingerprint density at radius 1 is 1.23 bits per heavy atom. The van der Waals surface area contributed by atoms with Gasteiger partial charge in [0.2, 0.25) is 0 Å². The van der Waals surface area contributed by atoms with Gasteiger partial charge in [-0.2, -0.15) is 0 Å². The topological polar surface area (TPSA) is 74.6 Å².